The van der Waals surface area contributed by atoms with Gasteiger partial charge in [0.1, 0.15) is 13.2 Å². The molecule has 0 unspecified atom stereocenters. The Labute approximate surface area is 124 Å². The minimum Gasteiger partial charge on any atom is -0.412 e. The van der Waals surface area contributed by atoms with Gasteiger partial charge in [0.25, 0.3) is 0 Å². The molecule has 0 bridgehead atoms. The standard InChI is InChI=1S/C5H14NO4P.Ca.4H2O/c1-6(2,3)4-5-10-11(7,8)9;;;;;/h4-5H2,1-3H3,(H-,7,8,9);;4*1H2/q;+2;;;;/p+1. The molecule has 16 heavy (non-hydrogen) atoms. The SMILES string of the molecule is C[N+](C)(C)CCOP(=O)(O)O.O.O.O.O.[Ca+2]. The normalized spacial score (nSPS) is 9.31. The summed E-state index contributed by atoms with van der Waals surface area (Å²) < 4.78 is 15.1. The van der Waals surface area contributed by atoms with E-state index in [0.717, 1.165) is 0 Å². The van der Waals surface area contributed by atoms with Crippen molar-refractivity contribution in [1.82, 2.24) is 0 Å². The van der Waals surface area contributed by atoms with E-state index in [4.69, 9.17) is 9.79 Å². The van der Waals surface area contributed by atoms with Gasteiger partial charge in [0.15, 0.2) is 0 Å². The summed E-state index contributed by atoms with van der Waals surface area (Å²) in [7, 11) is 1.50. The number of hydrogen-bond donors (Lipinski definition) is 2. The molecule has 100 valence electrons. The van der Waals surface area contributed by atoms with Crippen molar-refractivity contribution >= 4 is 45.6 Å². The van der Waals surface area contributed by atoms with E-state index in [-0.39, 0.29) is 66.2 Å². The van der Waals surface area contributed by atoms with Gasteiger partial charge in [0.05, 0.1) is 21.1 Å². The van der Waals surface area contributed by atoms with Crippen LogP contribution in [-0.2, 0) is 9.09 Å². The quantitative estimate of drug-likeness (QED) is 0.304. The Morgan fingerprint density at radius 1 is 1.06 bits per heavy atom. The van der Waals surface area contributed by atoms with Crippen molar-refractivity contribution in [3.8, 4) is 0 Å². The van der Waals surface area contributed by atoms with Crippen LogP contribution in [0.15, 0.2) is 0 Å². The van der Waals surface area contributed by atoms with E-state index in [1.54, 1.807) is 0 Å². The molecule has 0 saturated carbocycles. The molecule has 11 heteroatoms. The summed E-state index contributed by atoms with van der Waals surface area (Å²) in [6.45, 7) is 0.652. The predicted octanol–water partition coefficient (Wildman–Crippen LogP) is -3.88. The van der Waals surface area contributed by atoms with E-state index in [9.17, 15) is 4.57 Å². The van der Waals surface area contributed by atoms with E-state index < -0.39 is 7.82 Å². The smallest absolute Gasteiger partial charge is 0.412 e. The maximum Gasteiger partial charge on any atom is 2.00 e. The van der Waals surface area contributed by atoms with Crippen molar-refractivity contribution in [2.75, 3.05) is 34.3 Å². The number of rotatable bonds is 4. The molecule has 0 aromatic carbocycles. The van der Waals surface area contributed by atoms with E-state index >= 15 is 0 Å². The molecule has 0 radical (unpaired) electrons. The van der Waals surface area contributed by atoms with Crippen LogP contribution < -0.4 is 0 Å². The van der Waals surface area contributed by atoms with Crippen LogP contribution in [0.3, 0.4) is 0 Å². The molecule has 0 saturated heterocycles. The van der Waals surface area contributed by atoms with E-state index in [0.29, 0.717) is 11.0 Å². The third-order valence-electron chi connectivity index (χ3n) is 1.02. The van der Waals surface area contributed by atoms with Crippen LogP contribution in [0.25, 0.3) is 0 Å². The molecule has 10 N–H and O–H groups in total. The van der Waals surface area contributed by atoms with Crippen molar-refractivity contribution in [3.05, 3.63) is 0 Å². The molecule has 0 amide bonds. The van der Waals surface area contributed by atoms with Gasteiger partial charge in [0, 0.05) is 0 Å². The molecule has 0 aliphatic heterocycles. The summed E-state index contributed by atoms with van der Waals surface area (Å²) in [5.74, 6) is 0. The van der Waals surface area contributed by atoms with Crippen molar-refractivity contribution in [1.29, 1.82) is 0 Å². The van der Waals surface area contributed by atoms with Crippen molar-refractivity contribution < 1.29 is 45.3 Å². The Morgan fingerprint density at radius 2 is 1.38 bits per heavy atom. The Morgan fingerprint density at radius 3 is 1.56 bits per heavy atom. The van der Waals surface area contributed by atoms with Gasteiger partial charge in [-0.05, 0) is 0 Å². The third kappa shape index (κ3) is 36.2. The number of nitrogens with zero attached hydrogens (tertiary/aromatic N) is 1. The third-order valence-corrected chi connectivity index (χ3v) is 1.54. The minimum atomic E-state index is -4.26. The average molecular weight is 296 g/mol. The van der Waals surface area contributed by atoms with Gasteiger partial charge in [-0.1, -0.05) is 0 Å². The summed E-state index contributed by atoms with van der Waals surface area (Å²) in [4.78, 5) is 16.6. The van der Waals surface area contributed by atoms with Crippen LogP contribution in [0.5, 0.6) is 0 Å². The fourth-order valence-electron chi connectivity index (χ4n) is 0.434. The van der Waals surface area contributed by atoms with Gasteiger partial charge in [0.2, 0.25) is 0 Å². The Balaban J connectivity index is -0.0000000500. The van der Waals surface area contributed by atoms with Gasteiger partial charge in [-0.3, -0.25) is 4.52 Å². The van der Waals surface area contributed by atoms with Crippen LogP contribution in [-0.4, -0.2) is 108 Å². The van der Waals surface area contributed by atoms with Gasteiger partial charge in [-0.2, -0.15) is 0 Å². The summed E-state index contributed by atoms with van der Waals surface area (Å²) in [6.07, 6.45) is 0. The predicted molar refractivity (Wildman–Crippen MR) is 61.1 cm³/mol. The molecule has 9 nitrogen and oxygen atoms in total. The zero-order valence-corrected chi connectivity index (χ0v) is 12.8. The zero-order chi connectivity index (χ0) is 9.12. The average Bonchev–Trinajstić information content (AvgIpc) is 1.55. The molecule has 0 spiro atoms. The maximum atomic E-state index is 10.2. The second-order valence-electron chi connectivity index (χ2n) is 3.34. The molecular weight excluding hydrogens is 273 g/mol. The van der Waals surface area contributed by atoms with Gasteiger partial charge >= 0.3 is 45.6 Å². The molecule has 0 aromatic rings. The molecule has 0 atom stereocenters. The molecule has 0 rings (SSSR count). The second-order valence-corrected chi connectivity index (χ2v) is 4.58. The van der Waals surface area contributed by atoms with Gasteiger partial charge in [-0.25, -0.2) is 4.57 Å². The fraction of sp³-hybridized carbons (Fsp3) is 1.00. The van der Waals surface area contributed by atoms with Crippen molar-refractivity contribution in [3.63, 3.8) is 0 Å². The van der Waals surface area contributed by atoms with Crippen LogP contribution >= 0.6 is 7.82 Å². The summed E-state index contributed by atoms with van der Waals surface area (Å²) in [5.41, 5.74) is 0. The largest absolute Gasteiger partial charge is 2.00 e. The number of phosphoric acid groups is 1. The van der Waals surface area contributed by atoms with Crippen molar-refractivity contribution in [2.24, 2.45) is 0 Å². The molecule has 0 heterocycles. The first-order chi connectivity index (χ1) is 4.71. The van der Waals surface area contributed by atoms with Crippen LogP contribution in [0.1, 0.15) is 0 Å². The molecule has 0 aromatic heterocycles. The number of likely N-dealkylation sites (N-methyl/N-ethyl adjacent to an activating group) is 1. The molecular formula is C5H23CaNO8P+3. The first-order valence-corrected chi connectivity index (χ1v) is 4.74. The second kappa shape index (κ2) is 14.2. The Hall–Kier alpha value is 1.17. The monoisotopic (exact) mass is 296 g/mol. The van der Waals surface area contributed by atoms with E-state index in [2.05, 4.69) is 4.52 Å². The fourth-order valence-corrected chi connectivity index (χ4v) is 0.753. The first-order valence-electron chi connectivity index (χ1n) is 3.21. The molecule has 0 aliphatic rings. The minimum absolute atomic E-state index is 0. The summed E-state index contributed by atoms with van der Waals surface area (Å²) >= 11 is 0. The summed E-state index contributed by atoms with van der Waals surface area (Å²) in [6, 6.07) is 0. The molecule has 0 aliphatic carbocycles. The topological polar surface area (TPSA) is 193 Å². The first kappa shape index (κ1) is 36.0. The summed E-state index contributed by atoms with van der Waals surface area (Å²) in [5, 5.41) is 0. The van der Waals surface area contributed by atoms with Crippen LogP contribution in [0.4, 0.5) is 0 Å². The van der Waals surface area contributed by atoms with Crippen molar-refractivity contribution in [2.45, 2.75) is 0 Å². The Bertz CT molecular complexity index is 168. The van der Waals surface area contributed by atoms with E-state index in [1.165, 1.54) is 0 Å². The van der Waals surface area contributed by atoms with Crippen LogP contribution in [0.2, 0.25) is 0 Å². The number of quaternary nitrogens is 1. The number of hydrogen-bond acceptors (Lipinski definition) is 2. The maximum absolute atomic E-state index is 10.2. The van der Waals surface area contributed by atoms with Gasteiger partial charge in [-0.15, -0.1) is 0 Å². The Kier molecular flexibility index (Phi) is 32.0. The number of phosphoric ester groups is 1. The van der Waals surface area contributed by atoms with Crippen LogP contribution in [0, 0.1) is 0 Å². The zero-order valence-electron chi connectivity index (χ0n) is 9.73. The van der Waals surface area contributed by atoms with Gasteiger partial charge < -0.3 is 36.2 Å². The molecule has 0 fully saturated rings. The van der Waals surface area contributed by atoms with E-state index in [1.807, 2.05) is 21.1 Å².